The highest BCUT2D eigenvalue weighted by molar-refractivity contribution is 6.31. The maximum absolute atomic E-state index is 11.6. The fourth-order valence-corrected chi connectivity index (χ4v) is 5.81. The summed E-state index contributed by atoms with van der Waals surface area (Å²) in [6.07, 6.45) is 3.87. The van der Waals surface area contributed by atoms with E-state index in [9.17, 15) is 10.1 Å². The molecule has 3 aromatic rings. The molecule has 0 amide bonds. The van der Waals surface area contributed by atoms with E-state index in [-0.39, 0.29) is 17.8 Å². The van der Waals surface area contributed by atoms with Gasteiger partial charge in [0.1, 0.15) is 11.6 Å². The summed E-state index contributed by atoms with van der Waals surface area (Å²) >= 11 is 6.73. The Morgan fingerprint density at radius 2 is 2.11 bits per heavy atom. The van der Waals surface area contributed by atoms with Crippen LogP contribution in [0.15, 0.2) is 53.9 Å². The molecule has 1 unspecified atom stereocenters. The quantitative estimate of drug-likeness (QED) is 0.441. The van der Waals surface area contributed by atoms with E-state index >= 15 is 0 Å². The number of carbonyl (C=O) groups is 1. The highest BCUT2D eigenvalue weighted by Crippen LogP contribution is 2.58. The predicted molar refractivity (Wildman–Crippen MR) is 136 cm³/mol. The van der Waals surface area contributed by atoms with E-state index in [1.54, 1.807) is 0 Å². The summed E-state index contributed by atoms with van der Waals surface area (Å²) in [7, 11) is 1.39. The number of halogens is 1. The third-order valence-electron chi connectivity index (χ3n) is 7.44. The molecule has 1 aliphatic heterocycles. The average Bonchev–Trinajstić information content (AvgIpc) is 3.21. The summed E-state index contributed by atoms with van der Waals surface area (Å²) in [4.78, 5) is 11.6. The Labute approximate surface area is 214 Å². The van der Waals surface area contributed by atoms with Gasteiger partial charge < -0.3 is 15.2 Å². The number of benzene rings is 2. The first-order chi connectivity index (χ1) is 17.4. The van der Waals surface area contributed by atoms with Gasteiger partial charge in [0, 0.05) is 17.1 Å². The van der Waals surface area contributed by atoms with E-state index in [0.717, 1.165) is 52.8 Å². The van der Waals surface area contributed by atoms with Crippen molar-refractivity contribution in [3.05, 3.63) is 81.3 Å². The number of methoxy groups -OCH3 is 1. The molecule has 1 aromatic heterocycles. The zero-order valence-corrected chi connectivity index (χ0v) is 21.0. The maximum Gasteiger partial charge on any atom is 0.305 e. The minimum absolute atomic E-state index is 0.0785. The van der Waals surface area contributed by atoms with E-state index in [0.29, 0.717) is 29.3 Å². The lowest BCUT2D eigenvalue weighted by Gasteiger charge is -2.47. The van der Waals surface area contributed by atoms with Crippen molar-refractivity contribution in [2.24, 2.45) is 11.7 Å². The third-order valence-corrected chi connectivity index (χ3v) is 7.66. The van der Waals surface area contributed by atoms with Crippen molar-refractivity contribution >= 4 is 17.6 Å². The molecule has 36 heavy (non-hydrogen) atoms. The van der Waals surface area contributed by atoms with E-state index in [4.69, 9.17) is 26.8 Å². The number of fused-ring (bicyclic) bond motifs is 1. The summed E-state index contributed by atoms with van der Waals surface area (Å²) in [5.74, 6) is 0.395. The molecule has 8 heteroatoms. The molecule has 0 saturated heterocycles. The molecule has 1 saturated carbocycles. The summed E-state index contributed by atoms with van der Waals surface area (Å²) in [6.45, 7) is 1.94. The minimum Gasteiger partial charge on any atom is -0.469 e. The minimum atomic E-state index is -0.816. The van der Waals surface area contributed by atoms with Gasteiger partial charge in [-0.3, -0.25) is 9.89 Å². The van der Waals surface area contributed by atoms with Crippen molar-refractivity contribution < 1.29 is 14.3 Å². The smallest absolute Gasteiger partial charge is 0.305 e. The van der Waals surface area contributed by atoms with Crippen LogP contribution in [0, 0.1) is 24.2 Å². The number of aryl methyl sites for hydroxylation is 2. The number of nitrogens with zero attached hydrogens (tertiary/aromatic N) is 2. The second-order valence-electron chi connectivity index (χ2n) is 9.42. The number of H-pyrrole nitrogens is 1. The Hall–Kier alpha value is -3.76. The zero-order chi connectivity index (χ0) is 25.4. The number of allylic oxidation sites excluding steroid dienone is 1. The van der Waals surface area contributed by atoms with Gasteiger partial charge in [-0.05, 0) is 72.6 Å². The Balaban J connectivity index is 1.68. The number of esters is 1. The van der Waals surface area contributed by atoms with Crippen molar-refractivity contribution in [2.75, 3.05) is 7.11 Å². The van der Waals surface area contributed by atoms with Gasteiger partial charge in [0.2, 0.25) is 11.8 Å². The molecule has 2 aromatic carbocycles. The predicted octanol–water partition coefficient (Wildman–Crippen LogP) is 5.32. The summed E-state index contributed by atoms with van der Waals surface area (Å²) in [5, 5.41) is 18.3. The average molecular weight is 503 g/mol. The topological polar surface area (TPSA) is 114 Å². The van der Waals surface area contributed by atoms with Gasteiger partial charge in [0.25, 0.3) is 0 Å². The first-order valence-corrected chi connectivity index (χ1v) is 12.4. The SMILES string of the molecule is COC(=O)CCc1cccc(-c2cc(Cl)cc(C3(C4CCC4)C(C#N)=C(N)Oc4n[nH]c(C)c43)c2)c1. The van der Waals surface area contributed by atoms with Crippen LogP contribution in [-0.2, 0) is 21.4 Å². The molecular weight excluding hydrogens is 476 g/mol. The Morgan fingerprint density at radius 3 is 2.81 bits per heavy atom. The van der Waals surface area contributed by atoms with Crippen LogP contribution >= 0.6 is 11.6 Å². The van der Waals surface area contributed by atoms with Crippen LogP contribution in [0.25, 0.3) is 11.1 Å². The number of aromatic amines is 1. The van der Waals surface area contributed by atoms with Crippen LogP contribution in [-0.4, -0.2) is 23.3 Å². The van der Waals surface area contributed by atoms with Crippen molar-refractivity contribution in [3.8, 4) is 23.1 Å². The standard InChI is InChI=1S/C28H27ClN4O3/c1-16-25-27(33-32-16)36-26(31)23(15-30)28(25,20-7-4-8-20)21-12-19(13-22(29)14-21)18-6-3-5-17(11-18)9-10-24(34)35-2/h3,5-6,11-14,20H,4,7-10,31H2,1-2H3,(H,32,33). The van der Waals surface area contributed by atoms with Gasteiger partial charge in [0.15, 0.2) is 0 Å². The third kappa shape index (κ3) is 3.82. The molecule has 3 N–H and O–H groups in total. The van der Waals surface area contributed by atoms with Crippen LogP contribution in [0.5, 0.6) is 5.88 Å². The van der Waals surface area contributed by atoms with Crippen LogP contribution in [0.4, 0.5) is 0 Å². The van der Waals surface area contributed by atoms with Crippen LogP contribution in [0.2, 0.25) is 5.02 Å². The number of hydrogen-bond donors (Lipinski definition) is 2. The van der Waals surface area contributed by atoms with E-state index in [1.807, 2.05) is 37.3 Å². The Morgan fingerprint density at radius 1 is 1.31 bits per heavy atom. The molecular formula is C28H27ClN4O3. The number of ether oxygens (including phenoxy) is 2. The van der Waals surface area contributed by atoms with Crippen LogP contribution < -0.4 is 10.5 Å². The second-order valence-corrected chi connectivity index (χ2v) is 9.86. The Kier molecular flexibility index (Phi) is 6.23. The highest BCUT2D eigenvalue weighted by Gasteiger charge is 2.54. The van der Waals surface area contributed by atoms with Crippen molar-refractivity contribution in [1.82, 2.24) is 10.2 Å². The number of rotatable bonds is 6. The molecule has 5 rings (SSSR count). The second kappa shape index (κ2) is 9.36. The van der Waals surface area contributed by atoms with Gasteiger partial charge in [-0.2, -0.15) is 5.26 Å². The van der Waals surface area contributed by atoms with E-state index < -0.39 is 5.41 Å². The zero-order valence-electron chi connectivity index (χ0n) is 20.2. The molecule has 0 radical (unpaired) electrons. The van der Waals surface area contributed by atoms with Gasteiger partial charge in [-0.15, -0.1) is 5.10 Å². The van der Waals surface area contributed by atoms with Gasteiger partial charge in [-0.25, -0.2) is 0 Å². The molecule has 2 aliphatic rings. The van der Waals surface area contributed by atoms with E-state index in [1.165, 1.54) is 7.11 Å². The monoisotopic (exact) mass is 502 g/mol. The van der Waals surface area contributed by atoms with Crippen molar-refractivity contribution in [1.29, 1.82) is 5.26 Å². The summed E-state index contributed by atoms with van der Waals surface area (Å²) in [5.41, 5.74) is 11.4. The van der Waals surface area contributed by atoms with Crippen molar-refractivity contribution in [3.63, 3.8) is 0 Å². The highest BCUT2D eigenvalue weighted by atomic mass is 35.5. The number of hydrogen-bond acceptors (Lipinski definition) is 6. The normalized spacial score (nSPS) is 19.2. The lowest BCUT2D eigenvalue weighted by Crippen LogP contribution is -2.46. The number of nitrogens with two attached hydrogens (primary N) is 1. The molecule has 1 fully saturated rings. The summed E-state index contributed by atoms with van der Waals surface area (Å²) in [6, 6.07) is 16.3. The lowest BCUT2D eigenvalue weighted by atomic mass is 9.55. The fourth-order valence-electron chi connectivity index (χ4n) is 5.58. The number of carbonyl (C=O) groups excluding carboxylic acids is 1. The molecule has 2 heterocycles. The first kappa shape index (κ1) is 24.0. The first-order valence-electron chi connectivity index (χ1n) is 12.0. The maximum atomic E-state index is 11.6. The fraction of sp³-hybridized carbons (Fsp3) is 0.321. The van der Waals surface area contributed by atoms with Gasteiger partial charge in [-0.1, -0.05) is 42.3 Å². The lowest BCUT2D eigenvalue weighted by molar-refractivity contribution is -0.140. The molecule has 7 nitrogen and oxygen atoms in total. The summed E-state index contributed by atoms with van der Waals surface area (Å²) < 4.78 is 10.6. The number of nitriles is 1. The van der Waals surface area contributed by atoms with Gasteiger partial charge >= 0.3 is 5.97 Å². The van der Waals surface area contributed by atoms with Gasteiger partial charge in [0.05, 0.1) is 18.1 Å². The van der Waals surface area contributed by atoms with Crippen LogP contribution in [0.1, 0.15) is 48.1 Å². The van der Waals surface area contributed by atoms with E-state index in [2.05, 4.69) is 28.4 Å². The Bertz CT molecular complexity index is 1420. The largest absolute Gasteiger partial charge is 0.469 e. The molecule has 1 aliphatic carbocycles. The number of aromatic nitrogens is 2. The molecule has 184 valence electrons. The molecule has 0 bridgehead atoms. The molecule has 1 atom stereocenters. The van der Waals surface area contributed by atoms with Crippen molar-refractivity contribution in [2.45, 2.75) is 44.4 Å². The van der Waals surface area contributed by atoms with Crippen LogP contribution in [0.3, 0.4) is 0 Å². The molecule has 0 spiro atoms. The number of nitrogens with one attached hydrogen (secondary N) is 1.